The molecule has 0 saturated heterocycles. The molecule has 0 spiro atoms. The third-order valence-electron chi connectivity index (χ3n) is 2.87. The van der Waals surface area contributed by atoms with E-state index >= 15 is 0 Å². The van der Waals surface area contributed by atoms with E-state index < -0.39 is 4.92 Å². The monoisotopic (exact) mass is 285 g/mol. The predicted octanol–water partition coefficient (Wildman–Crippen LogP) is 2.45. The van der Waals surface area contributed by atoms with Gasteiger partial charge < -0.3 is 9.84 Å². The molecule has 8 heteroatoms. The molecule has 0 aliphatic carbocycles. The molecule has 8 nitrogen and oxygen atoms in total. The minimum atomic E-state index is -0.427. The first kappa shape index (κ1) is 13.0. The summed E-state index contributed by atoms with van der Waals surface area (Å²) in [5, 5.41) is 18.2. The van der Waals surface area contributed by atoms with E-state index in [2.05, 4.69) is 20.4 Å². The summed E-state index contributed by atoms with van der Waals surface area (Å²) in [7, 11) is 0. The molecule has 0 aliphatic rings. The maximum Gasteiger partial charge on any atom is 0.270 e. The molecular weight excluding hydrogens is 274 g/mol. The number of hydrogen-bond donors (Lipinski definition) is 1. The highest BCUT2D eigenvalue weighted by molar-refractivity contribution is 5.82. The van der Waals surface area contributed by atoms with E-state index in [1.165, 1.54) is 12.1 Å². The molecule has 21 heavy (non-hydrogen) atoms. The summed E-state index contributed by atoms with van der Waals surface area (Å²) in [6.07, 6.45) is 0. The van der Waals surface area contributed by atoms with Gasteiger partial charge in [-0.15, -0.1) is 0 Å². The fraction of sp³-hybridized carbons (Fsp3) is 0.154. The van der Waals surface area contributed by atoms with Crippen molar-refractivity contribution in [2.24, 2.45) is 0 Å². The molecule has 0 amide bonds. The Labute approximate surface area is 119 Å². The lowest BCUT2D eigenvalue weighted by Crippen LogP contribution is -2.01. The van der Waals surface area contributed by atoms with Gasteiger partial charge in [-0.2, -0.15) is 4.98 Å². The summed E-state index contributed by atoms with van der Waals surface area (Å²) in [5.74, 6) is 1.68. The number of nitrogens with one attached hydrogen (secondary N) is 1. The van der Waals surface area contributed by atoms with E-state index in [-0.39, 0.29) is 5.69 Å². The molecule has 0 radical (unpaired) electrons. The summed E-state index contributed by atoms with van der Waals surface area (Å²) < 4.78 is 4.99. The van der Waals surface area contributed by atoms with Crippen LogP contribution in [-0.2, 0) is 6.54 Å². The number of fused-ring (bicyclic) bond motifs is 1. The minimum Gasteiger partial charge on any atom is -0.361 e. The number of anilines is 1. The molecule has 0 aliphatic heterocycles. The Hall–Kier alpha value is -3.03. The second kappa shape index (κ2) is 5.16. The van der Waals surface area contributed by atoms with Crippen molar-refractivity contribution in [3.05, 3.63) is 52.2 Å². The highest BCUT2D eigenvalue weighted by Gasteiger charge is 2.08. The first-order chi connectivity index (χ1) is 10.1. The van der Waals surface area contributed by atoms with Gasteiger partial charge in [-0.1, -0.05) is 5.16 Å². The van der Waals surface area contributed by atoms with E-state index in [0.29, 0.717) is 35.0 Å². The highest BCUT2D eigenvalue weighted by Crippen LogP contribution is 2.21. The standard InChI is InChI=1S/C13H11N5O3/c1-8-15-13(21-17-8)7-14-12-5-2-9-6-10(18(19)20)3-4-11(9)16-12/h2-6H,7H2,1H3,(H,14,16). The number of nitro benzene ring substituents is 1. The molecule has 1 N–H and O–H groups in total. The van der Waals surface area contributed by atoms with Gasteiger partial charge in [0.25, 0.3) is 5.69 Å². The summed E-state index contributed by atoms with van der Waals surface area (Å²) in [6, 6.07) is 8.06. The van der Waals surface area contributed by atoms with Crippen molar-refractivity contribution >= 4 is 22.4 Å². The molecule has 106 valence electrons. The first-order valence-electron chi connectivity index (χ1n) is 6.20. The zero-order valence-corrected chi connectivity index (χ0v) is 11.1. The van der Waals surface area contributed by atoms with Crippen LogP contribution in [0.3, 0.4) is 0 Å². The van der Waals surface area contributed by atoms with Gasteiger partial charge in [0, 0.05) is 17.5 Å². The Kier molecular flexibility index (Phi) is 3.19. The lowest BCUT2D eigenvalue weighted by molar-refractivity contribution is -0.384. The van der Waals surface area contributed by atoms with Crippen LogP contribution in [0.2, 0.25) is 0 Å². The molecule has 0 saturated carbocycles. The Morgan fingerprint density at radius 2 is 2.14 bits per heavy atom. The summed E-state index contributed by atoms with van der Waals surface area (Å²) in [5.41, 5.74) is 0.721. The number of benzene rings is 1. The van der Waals surface area contributed by atoms with E-state index in [1.807, 2.05) is 0 Å². The van der Waals surface area contributed by atoms with Crippen molar-refractivity contribution in [1.82, 2.24) is 15.1 Å². The second-order valence-electron chi connectivity index (χ2n) is 4.42. The molecular formula is C13H11N5O3. The first-order valence-corrected chi connectivity index (χ1v) is 6.20. The average Bonchev–Trinajstić information content (AvgIpc) is 2.90. The number of non-ortho nitro benzene ring substituents is 1. The molecule has 3 rings (SSSR count). The van der Waals surface area contributed by atoms with Gasteiger partial charge in [0.2, 0.25) is 5.89 Å². The molecule has 0 fully saturated rings. The zero-order valence-electron chi connectivity index (χ0n) is 11.1. The van der Waals surface area contributed by atoms with Gasteiger partial charge in [0.1, 0.15) is 5.82 Å². The zero-order chi connectivity index (χ0) is 14.8. The lowest BCUT2D eigenvalue weighted by atomic mass is 10.2. The SMILES string of the molecule is Cc1noc(CNc2ccc3cc([N+](=O)[O-])ccc3n2)n1. The summed E-state index contributed by atoms with van der Waals surface area (Å²) in [4.78, 5) is 18.7. The van der Waals surface area contributed by atoms with Crippen LogP contribution in [0.5, 0.6) is 0 Å². The number of rotatable bonds is 4. The van der Waals surface area contributed by atoms with Gasteiger partial charge in [-0.25, -0.2) is 4.98 Å². The number of aryl methyl sites for hydroxylation is 1. The van der Waals surface area contributed by atoms with E-state index in [9.17, 15) is 10.1 Å². The maximum absolute atomic E-state index is 10.7. The summed E-state index contributed by atoms with van der Waals surface area (Å²) in [6.45, 7) is 2.11. The number of hydrogen-bond acceptors (Lipinski definition) is 7. The lowest BCUT2D eigenvalue weighted by Gasteiger charge is -2.04. The highest BCUT2D eigenvalue weighted by atomic mass is 16.6. The van der Waals surface area contributed by atoms with Crippen molar-refractivity contribution in [3.8, 4) is 0 Å². The Morgan fingerprint density at radius 1 is 1.29 bits per heavy atom. The quantitative estimate of drug-likeness (QED) is 0.579. The fourth-order valence-corrected chi connectivity index (χ4v) is 1.90. The molecule has 3 aromatic rings. The van der Waals surface area contributed by atoms with Gasteiger partial charge in [0.05, 0.1) is 17.0 Å². The molecule has 0 bridgehead atoms. The van der Waals surface area contributed by atoms with Crippen molar-refractivity contribution < 1.29 is 9.45 Å². The van der Waals surface area contributed by atoms with Crippen molar-refractivity contribution in [2.75, 3.05) is 5.32 Å². The molecule has 2 aromatic heterocycles. The number of nitro groups is 1. The average molecular weight is 285 g/mol. The van der Waals surface area contributed by atoms with Crippen molar-refractivity contribution in [3.63, 3.8) is 0 Å². The number of pyridine rings is 1. The van der Waals surface area contributed by atoms with Crippen LogP contribution >= 0.6 is 0 Å². The van der Waals surface area contributed by atoms with Crippen LogP contribution in [0, 0.1) is 17.0 Å². The van der Waals surface area contributed by atoms with Crippen molar-refractivity contribution in [1.29, 1.82) is 0 Å². The Balaban J connectivity index is 1.80. The van der Waals surface area contributed by atoms with E-state index in [4.69, 9.17) is 4.52 Å². The Bertz CT molecular complexity index is 814. The van der Waals surface area contributed by atoms with Gasteiger partial charge in [-0.3, -0.25) is 10.1 Å². The van der Waals surface area contributed by atoms with E-state index in [0.717, 1.165) is 0 Å². The third kappa shape index (κ3) is 2.78. The molecule has 2 heterocycles. The Morgan fingerprint density at radius 3 is 2.86 bits per heavy atom. The van der Waals surface area contributed by atoms with Crippen LogP contribution in [0.15, 0.2) is 34.9 Å². The smallest absolute Gasteiger partial charge is 0.270 e. The fourth-order valence-electron chi connectivity index (χ4n) is 1.90. The third-order valence-corrected chi connectivity index (χ3v) is 2.87. The normalized spacial score (nSPS) is 10.7. The topological polar surface area (TPSA) is 107 Å². The summed E-state index contributed by atoms with van der Waals surface area (Å²) >= 11 is 0. The van der Waals surface area contributed by atoms with Crippen LogP contribution in [0.4, 0.5) is 11.5 Å². The van der Waals surface area contributed by atoms with Crippen LogP contribution in [0.1, 0.15) is 11.7 Å². The predicted molar refractivity (Wildman–Crippen MR) is 74.8 cm³/mol. The number of aromatic nitrogens is 3. The van der Waals surface area contributed by atoms with E-state index in [1.54, 1.807) is 25.1 Å². The molecule has 1 aromatic carbocycles. The molecule has 0 atom stereocenters. The molecule has 0 unspecified atom stereocenters. The van der Waals surface area contributed by atoms with Crippen LogP contribution in [0.25, 0.3) is 10.9 Å². The van der Waals surface area contributed by atoms with Gasteiger partial charge in [-0.05, 0) is 25.1 Å². The van der Waals surface area contributed by atoms with Crippen LogP contribution < -0.4 is 5.32 Å². The number of nitrogens with zero attached hydrogens (tertiary/aromatic N) is 4. The second-order valence-corrected chi connectivity index (χ2v) is 4.42. The van der Waals surface area contributed by atoms with Gasteiger partial charge in [0.15, 0.2) is 5.82 Å². The van der Waals surface area contributed by atoms with Gasteiger partial charge >= 0.3 is 0 Å². The largest absolute Gasteiger partial charge is 0.361 e. The maximum atomic E-state index is 10.7. The van der Waals surface area contributed by atoms with Crippen molar-refractivity contribution in [2.45, 2.75) is 13.5 Å². The van der Waals surface area contributed by atoms with Crippen LogP contribution in [-0.4, -0.2) is 20.0 Å². The minimum absolute atomic E-state index is 0.0475.